The maximum Gasteiger partial charge on any atom is 0.260 e. The normalized spacial score (nSPS) is 18.0. The van der Waals surface area contributed by atoms with Crippen LogP contribution in [0.1, 0.15) is 24.8 Å². The van der Waals surface area contributed by atoms with Crippen molar-refractivity contribution < 1.29 is 8.42 Å². The van der Waals surface area contributed by atoms with Crippen LogP contribution in [0.3, 0.4) is 0 Å². The highest BCUT2D eigenvalue weighted by Crippen LogP contribution is 2.37. The van der Waals surface area contributed by atoms with Crippen LogP contribution in [0.2, 0.25) is 0 Å². The Kier molecular flexibility index (Phi) is 4.92. The lowest BCUT2D eigenvalue weighted by molar-refractivity contribution is 0.0455. The SMILES string of the molecule is CN(C)C1(CN(C)S(=O)(=O)c2ccc(CCl)cn2)CCC1. The number of aromatic nitrogens is 1. The van der Waals surface area contributed by atoms with Crippen molar-refractivity contribution in [3.05, 3.63) is 23.9 Å². The molecule has 5 nitrogen and oxygen atoms in total. The molecular formula is C14H22ClN3O2S. The molecule has 0 aromatic carbocycles. The molecular weight excluding hydrogens is 310 g/mol. The van der Waals surface area contributed by atoms with E-state index in [9.17, 15) is 8.42 Å². The Morgan fingerprint density at radius 1 is 1.29 bits per heavy atom. The van der Waals surface area contributed by atoms with Crippen LogP contribution in [-0.2, 0) is 15.9 Å². The van der Waals surface area contributed by atoms with E-state index < -0.39 is 10.0 Å². The first-order valence-electron chi connectivity index (χ1n) is 6.96. The molecule has 0 radical (unpaired) electrons. The minimum atomic E-state index is -3.55. The zero-order chi connectivity index (χ0) is 15.7. The van der Waals surface area contributed by atoms with Gasteiger partial charge in [0.25, 0.3) is 10.0 Å². The lowest BCUT2D eigenvalue weighted by Crippen LogP contribution is -2.57. The van der Waals surface area contributed by atoms with Crippen molar-refractivity contribution in [1.29, 1.82) is 0 Å². The van der Waals surface area contributed by atoms with Crippen LogP contribution in [0.5, 0.6) is 0 Å². The third-order valence-electron chi connectivity index (χ3n) is 4.38. The van der Waals surface area contributed by atoms with Gasteiger partial charge in [-0.25, -0.2) is 13.4 Å². The second-order valence-corrected chi connectivity index (χ2v) is 8.13. The van der Waals surface area contributed by atoms with Crippen molar-refractivity contribution in [2.75, 3.05) is 27.7 Å². The van der Waals surface area contributed by atoms with Crippen LogP contribution < -0.4 is 0 Å². The largest absolute Gasteiger partial charge is 0.302 e. The summed E-state index contributed by atoms with van der Waals surface area (Å²) in [6.07, 6.45) is 4.71. The topological polar surface area (TPSA) is 53.5 Å². The van der Waals surface area contributed by atoms with Crippen LogP contribution >= 0.6 is 11.6 Å². The van der Waals surface area contributed by atoms with Crippen molar-refractivity contribution >= 4 is 21.6 Å². The van der Waals surface area contributed by atoms with Crippen LogP contribution in [0.15, 0.2) is 23.4 Å². The number of likely N-dealkylation sites (N-methyl/N-ethyl adjacent to an activating group) is 2. The molecule has 1 fully saturated rings. The molecule has 2 rings (SSSR count). The molecule has 0 N–H and O–H groups in total. The standard InChI is InChI=1S/C14H22ClN3O2S/c1-17(2)14(7-4-8-14)11-18(3)21(19,20)13-6-5-12(9-15)10-16-13/h5-6,10H,4,7-9,11H2,1-3H3. The van der Waals surface area contributed by atoms with E-state index in [1.165, 1.54) is 16.6 Å². The van der Waals surface area contributed by atoms with Gasteiger partial charge in [-0.15, -0.1) is 11.6 Å². The van der Waals surface area contributed by atoms with Crippen LogP contribution in [0.25, 0.3) is 0 Å². The molecule has 0 bridgehead atoms. The maximum absolute atomic E-state index is 12.6. The molecule has 0 saturated heterocycles. The highest BCUT2D eigenvalue weighted by atomic mass is 35.5. The molecule has 1 saturated carbocycles. The quantitative estimate of drug-likeness (QED) is 0.747. The lowest BCUT2D eigenvalue weighted by Gasteiger charge is -2.48. The average Bonchev–Trinajstić information content (AvgIpc) is 2.42. The van der Waals surface area contributed by atoms with Gasteiger partial charge in [0.05, 0.1) is 0 Å². The van der Waals surface area contributed by atoms with Crippen molar-refractivity contribution in [2.24, 2.45) is 0 Å². The summed E-state index contributed by atoms with van der Waals surface area (Å²) in [5.74, 6) is 0.326. The van der Waals surface area contributed by atoms with E-state index in [0.717, 1.165) is 24.8 Å². The first kappa shape index (κ1) is 16.7. The Labute approximate surface area is 132 Å². The second kappa shape index (κ2) is 6.20. The van der Waals surface area contributed by atoms with Gasteiger partial charge in [-0.05, 0) is 45.0 Å². The summed E-state index contributed by atoms with van der Waals surface area (Å²) in [5, 5.41) is 0.0760. The predicted molar refractivity (Wildman–Crippen MR) is 83.9 cm³/mol. The molecule has 21 heavy (non-hydrogen) atoms. The van der Waals surface area contributed by atoms with E-state index in [1.807, 2.05) is 14.1 Å². The summed E-state index contributed by atoms with van der Waals surface area (Å²) < 4.78 is 26.6. The van der Waals surface area contributed by atoms with Gasteiger partial charge < -0.3 is 4.90 Å². The minimum Gasteiger partial charge on any atom is -0.302 e. The van der Waals surface area contributed by atoms with Gasteiger partial charge >= 0.3 is 0 Å². The molecule has 118 valence electrons. The van der Waals surface area contributed by atoms with E-state index in [1.54, 1.807) is 13.1 Å². The van der Waals surface area contributed by atoms with Crippen LogP contribution in [0.4, 0.5) is 0 Å². The van der Waals surface area contributed by atoms with E-state index in [2.05, 4.69) is 9.88 Å². The number of hydrogen-bond donors (Lipinski definition) is 0. The number of nitrogens with zero attached hydrogens (tertiary/aromatic N) is 3. The third-order valence-corrected chi connectivity index (χ3v) is 6.40. The van der Waals surface area contributed by atoms with Crippen molar-refractivity contribution in [3.63, 3.8) is 0 Å². The minimum absolute atomic E-state index is 0.0438. The Hall–Kier alpha value is -0.690. The molecule has 1 aliphatic rings. The zero-order valence-corrected chi connectivity index (χ0v) is 14.3. The zero-order valence-electron chi connectivity index (χ0n) is 12.7. The summed E-state index contributed by atoms with van der Waals surface area (Å²) in [6, 6.07) is 3.22. The van der Waals surface area contributed by atoms with Crippen molar-refractivity contribution in [2.45, 2.75) is 35.7 Å². The van der Waals surface area contributed by atoms with Crippen LogP contribution in [-0.4, -0.2) is 55.8 Å². The van der Waals surface area contributed by atoms with Gasteiger partial charge in [0, 0.05) is 31.2 Å². The summed E-state index contributed by atoms with van der Waals surface area (Å²) in [6.45, 7) is 0.487. The molecule has 1 aromatic rings. The molecule has 0 spiro atoms. The highest BCUT2D eigenvalue weighted by Gasteiger charge is 2.42. The average molecular weight is 332 g/mol. The molecule has 1 aliphatic carbocycles. The third kappa shape index (κ3) is 3.23. The van der Waals surface area contributed by atoms with Crippen LogP contribution in [0, 0.1) is 0 Å². The Morgan fingerprint density at radius 3 is 2.33 bits per heavy atom. The first-order valence-corrected chi connectivity index (χ1v) is 8.94. The fourth-order valence-electron chi connectivity index (χ4n) is 2.63. The molecule has 0 amide bonds. The smallest absolute Gasteiger partial charge is 0.260 e. The Morgan fingerprint density at radius 2 is 1.95 bits per heavy atom. The van der Waals surface area contributed by atoms with E-state index in [4.69, 9.17) is 11.6 Å². The van der Waals surface area contributed by atoms with E-state index in [-0.39, 0.29) is 10.6 Å². The number of hydrogen-bond acceptors (Lipinski definition) is 4. The summed E-state index contributed by atoms with van der Waals surface area (Å²) in [4.78, 5) is 6.16. The number of sulfonamides is 1. The number of halogens is 1. The van der Waals surface area contributed by atoms with E-state index >= 15 is 0 Å². The second-order valence-electron chi connectivity index (χ2n) is 5.87. The Balaban J connectivity index is 2.18. The van der Waals surface area contributed by atoms with Crippen molar-refractivity contribution in [3.8, 4) is 0 Å². The maximum atomic E-state index is 12.6. The first-order chi connectivity index (χ1) is 9.82. The summed E-state index contributed by atoms with van der Waals surface area (Å²) >= 11 is 5.70. The highest BCUT2D eigenvalue weighted by molar-refractivity contribution is 7.89. The molecule has 0 unspecified atom stereocenters. The van der Waals surface area contributed by atoms with Gasteiger partial charge in [0.15, 0.2) is 5.03 Å². The molecule has 0 aliphatic heterocycles. The van der Waals surface area contributed by atoms with Gasteiger partial charge in [-0.3, -0.25) is 0 Å². The van der Waals surface area contributed by atoms with Gasteiger partial charge in [-0.2, -0.15) is 4.31 Å². The van der Waals surface area contributed by atoms with Gasteiger partial charge in [0.2, 0.25) is 0 Å². The number of rotatable bonds is 6. The monoisotopic (exact) mass is 331 g/mol. The lowest BCUT2D eigenvalue weighted by atomic mass is 9.75. The molecule has 7 heteroatoms. The van der Waals surface area contributed by atoms with Gasteiger partial charge in [0.1, 0.15) is 0 Å². The van der Waals surface area contributed by atoms with Gasteiger partial charge in [-0.1, -0.05) is 6.07 Å². The summed E-state index contributed by atoms with van der Waals surface area (Å²) in [5.41, 5.74) is 0.764. The Bertz CT molecular complexity index is 583. The fraction of sp³-hybridized carbons (Fsp3) is 0.643. The molecule has 1 aromatic heterocycles. The predicted octanol–water partition coefficient (Wildman–Crippen LogP) is 1.93. The van der Waals surface area contributed by atoms with E-state index in [0.29, 0.717) is 12.4 Å². The number of pyridine rings is 1. The summed E-state index contributed by atoms with van der Waals surface area (Å²) in [7, 11) is 2.08. The molecule has 0 atom stereocenters. The molecule has 1 heterocycles. The number of alkyl halides is 1. The van der Waals surface area contributed by atoms with Crippen molar-refractivity contribution in [1.82, 2.24) is 14.2 Å². The fourth-order valence-corrected chi connectivity index (χ4v) is 3.95.